The quantitative estimate of drug-likeness (QED) is 0.575. The van der Waals surface area contributed by atoms with E-state index in [-0.39, 0.29) is 5.78 Å². The lowest BCUT2D eigenvalue weighted by atomic mass is 9.94. The fraction of sp³-hybridized carbons (Fsp3) is 0.105. The maximum absolute atomic E-state index is 12.0. The van der Waals surface area contributed by atoms with Gasteiger partial charge in [0, 0.05) is 16.0 Å². The topological polar surface area (TPSA) is 17.1 Å². The molecule has 0 saturated carbocycles. The van der Waals surface area contributed by atoms with E-state index in [0.717, 1.165) is 21.6 Å². The lowest BCUT2D eigenvalue weighted by Gasteiger charge is -2.08. The predicted octanol–water partition coefficient (Wildman–Crippen LogP) is 5.59. The van der Waals surface area contributed by atoms with Gasteiger partial charge in [0.2, 0.25) is 0 Å². The molecule has 0 unspecified atom stereocenters. The highest BCUT2D eigenvalue weighted by atomic mass is 32.1. The monoisotopic (exact) mass is 292 g/mol. The third-order valence-corrected chi connectivity index (χ3v) is 4.73. The first kappa shape index (κ1) is 13.8. The molecule has 0 spiro atoms. The minimum absolute atomic E-state index is 0.129. The van der Waals surface area contributed by atoms with Crippen LogP contribution in [-0.2, 0) is 0 Å². The summed E-state index contributed by atoms with van der Waals surface area (Å²) in [5, 5.41) is 0. The summed E-state index contributed by atoms with van der Waals surface area (Å²) in [6.07, 6.45) is 0. The standard InChI is InChI=1S/C19H16OS/c1-13(20)19-18(16-11-7-4-8-12-16)17(14(2)21-19)15-9-5-3-6-10-15/h3-12H,1-2H3. The predicted molar refractivity (Wildman–Crippen MR) is 89.9 cm³/mol. The van der Waals surface area contributed by atoms with Gasteiger partial charge in [-0.1, -0.05) is 60.7 Å². The Morgan fingerprint density at radius 1 is 0.810 bits per heavy atom. The Balaban J connectivity index is 2.32. The molecule has 104 valence electrons. The number of benzene rings is 2. The summed E-state index contributed by atoms with van der Waals surface area (Å²) in [7, 11) is 0. The van der Waals surface area contributed by atoms with Crippen LogP contribution in [0, 0.1) is 6.92 Å². The molecule has 2 aromatic carbocycles. The van der Waals surface area contributed by atoms with E-state index in [2.05, 4.69) is 31.2 Å². The number of Topliss-reactive ketones (excluding diaryl/α,β-unsaturated/α-hetero) is 1. The van der Waals surface area contributed by atoms with Gasteiger partial charge in [-0.2, -0.15) is 0 Å². The van der Waals surface area contributed by atoms with Crippen molar-refractivity contribution in [2.75, 3.05) is 0 Å². The Bertz CT molecular complexity index is 770. The summed E-state index contributed by atoms with van der Waals surface area (Å²) in [6.45, 7) is 3.73. The Hall–Kier alpha value is -2.19. The van der Waals surface area contributed by atoms with E-state index in [9.17, 15) is 4.79 Å². The number of carbonyl (C=O) groups excluding carboxylic acids is 1. The normalized spacial score (nSPS) is 10.6. The van der Waals surface area contributed by atoms with Crippen molar-refractivity contribution >= 4 is 17.1 Å². The van der Waals surface area contributed by atoms with Crippen LogP contribution in [0.1, 0.15) is 21.5 Å². The maximum Gasteiger partial charge on any atom is 0.170 e. The van der Waals surface area contributed by atoms with Gasteiger partial charge < -0.3 is 0 Å². The van der Waals surface area contributed by atoms with Crippen LogP contribution in [0.4, 0.5) is 0 Å². The fourth-order valence-electron chi connectivity index (χ4n) is 2.63. The van der Waals surface area contributed by atoms with Gasteiger partial charge in [0.05, 0.1) is 4.88 Å². The van der Waals surface area contributed by atoms with Crippen LogP contribution in [0.2, 0.25) is 0 Å². The average Bonchev–Trinajstić information content (AvgIpc) is 2.87. The second-order valence-corrected chi connectivity index (χ2v) is 6.25. The van der Waals surface area contributed by atoms with Crippen LogP contribution in [-0.4, -0.2) is 5.78 Å². The molecule has 1 aromatic heterocycles. The van der Waals surface area contributed by atoms with E-state index >= 15 is 0 Å². The Kier molecular flexibility index (Phi) is 3.72. The van der Waals surface area contributed by atoms with Crippen LogP contribution in [0.25, 0.3) is 22.3 Å². The molecule has 1 heterocycles. The molecule has 0 atom stereocenters. The van der Waals surface area contributed by atoms with Crippen molar-refractivity contribution in [3.63, 3.8) is 0 Å². The highest BCUT2D eigenvalue weighted by Crippen LogP contribution is 2.42. The van der Waals surface area contributed by atoms with E-state index < -0.39 is 0 Å². The summed E-state index contributed by atoms with van der Waals surface area (Å²) < 4.78 is 0. The van der Waals surface area contributed by atoms with Gasteiger partial charge in [0.1, 0.15) is 0 Å². The highest BCUT2D eigenvalue weighted by Gasteiger charge is 2.20. The zero-order valence-electron chi connectivity index (χ0n) is 12.1. The third kappa shape index (κ3) is 2.55. The van der Waals surface area contributed by atoms with Crippen molar-refractivity contribution in [2.24, 2.45) is 0 Å². The van der Waals surface area contributed by atoms with Crippen LogP contribution in [0.5, 0.6) is 0 Å². The Labute approximate surface area is 128 Å². The third-order valence-electron chi connectivity index (χ3n) is 3.53. The molecule has 0 radical (unpaired) electrons. The molecule has 0 aliphatic rings. The average molecular weight is 292 g/mol. The van der Waals surface area contributed by atoms with Crippen molar-refractivity contribution in [3.05, 3.63) is 70.4 Å². The zero-order valence-corrected chi connectivity index (χ0v) is 12.9. The van der Waals surface area contributed by atoms with Crippen molar-refractivity contribution < 1.29 is 4.79 Å². The molecule has 0 bridgehead atoms. The Morgan fingerprint density at radius 3 is 1.76 bits per heavy atom. The minimum atomic E-state index is 0.129. The molecule has 2 heteroatoms. The smallest absolute Gasteiger partial charge is 0.170 e. The maximum atomic E-state index is 12.0. The van der Waals surface area contributed by atoms with Crippen LogP contribution < -0.4 is 0 Å². The molecule has 0 saturated heterocycles. The van der Waals surface area contributed by atoms with Gasteiger partial charge in [-0.3, -0.25) is 4.79 Å². The molecule has 0 N–H and O–H groups in total. The van der Waals surface area contributed by atoms with Crippen molar-refractivity contribution in [3.8, 4) is 22.3 Å². The van der Waals surface area contributed by atoms with E-state index in [4.69, 9.17) is 0 Å². The van der Waals surface area contributed by atoms with Crippen LogP contribution in [0.3, 0.4) is 0 Å². The van der Waals surface area contributed by atoms with Gasteiger partial charge in [0.25, 0.3) is 0 Å². The first-order valence-electron chi connectivity index (χ1n) is 6.93. The van der Waals surface area contributed by atoms with Gasteiger partial charge in [0.15, 0.2) is 5.78 Å². The van der Waals surface area contributed by atoms with Gasteiger partial charge in [-0.15, -0.1) is 11.3 Å². The molecular weight excluding hydrogens is 276 g/mol. The van der Waals surface area contributed by atoms with Crippen molar-refractivity contribution in [1.29, 1.82) is 0 Å². The molecule has 3 rings (SSSR count). The molecule has 0 aliphatic heterocycles. The van der Waals surface area contributed by atoms with Gasteiger partial charge >= 0.3 is 0 Å². The lowest BCUT2D eigenvalue weighted by Crippen LogP contribution is -1.92. The summed E-state index contributed by atoms with van der Waals surface area (Å²) in [5.41, 5.74) is 4.51. The second-order valence-electron chi connectivity index (χ2n) is 5.03. The number of rotatable bonds is 3. The number of thiophene rings is 1. The number of hydrogen-bond donors (Lipinski definition) is 0. The largest absolute Gasteiger partial charge is 0.294 e. The lowest BCUT2D eigenvalue weighted by molar-refractivity contribution is 0.102. The molecular formula is C19H16OS. The van der Waals surface area contributed by atoms with E-state index in [0.29, 0.717) is 0 Å². The number of hydrogen-bond acceptors (Lipinski definition) is 2. The first-order chi connectivity index (χ1) is 10.2. The number of carbonyl (C=O) groups is 1. The summed E-state index contributed by atoms with van der Waals surface area (Å²) in [5.74, 6) is 0.129. The molecule has 21 heavy (non-hydrogen) atoms. The van der Waals surface area contributed by atoms with Crippen LogP contribution in [0.15, 0.2) is 60.7 Å². The van der Waals surface area contributed by atoms with Gasteiger partial charge in [-0.25, -0.2) is 0 Å². The molecule has 3 aromatic rings. The van der Waals surface area contributed by atoms with E-state index in [1.165, 1.54) is 10.4 Å². The molecule has 0 amide bonds. The Morgan fingerprint density at radius 2 is 1.29 bits per heavy atom. The van der Waals surface area contributed by atoms with Crippen LogP contribution >= 0.6 is 11.3 Å². The summed E-state index contributed by atoms with van der Waals surface area (Å²) in [4.78, 5) is 14.1. The molecule has 0 aliphatic carbocycles. The summed E-state index contributed by atoms with van der Waals surface area (Å²) >= 11 is 1.59. The SMILES string of the molecule is CC(=O)c1sc(C)c(-c2ccccc2)c1-c1ccccc1. The highest BCUT2D eigenvalue weighted by molar-refractivity contribution is 7.15. The number of ketones is 1. The molecule has 0 fully saturated rings. The number of aryl methyl sites for hydroxylation is 1. The fourth-order valence-corrected chi connectivity index (χ4v) is 3.72. The van der Waals surface area contributed by atoms with Crippen molar-refractivity contribution in [2.45, 2.75) is 13.8 Å². The zero-order chi connectivity index (χ0) is 14.8. The van der Waals surface area contributed by atoms with Gasteiger partial charge in [-0.05, 0) is 25.0 Å². The molecule has 1 nitrogen and oxygen atoms in total. The van der Waals surface area contributed by atoms with E-state index in [1.807, 2.05) is 36.4 Å². The minimum Gasteiger partial charge on any atom is -0.294 e. The van der Waals surface area contributed by atoms with E-state index in [1.54, 1.807) is 18.3 Å². The second kappa shape index (κ2) is 5.66. The summed E-state index contributed by atoms with van der Waals surface area (Å²) in [6, 6.07) is 20.5. The first-order valence-corrected chi connectivity index (χ1v) is 7.75. The van der Waals surface area contributed by atoms with Crippen molar-refractivity contribution in [1.82, 2.24) is 0 Å².